The minimum atomic E-state index is -0.0391. The number of carbonyl (C=O) groups excluding carboxylic acids is 2. The quantitative estimate of drug-likeness (QED) is 0.573. The molecule has 0 unspecified atom stereocenters. The molecule has 0 spiro atoms. The maximum Gasteiger partial charge on any atom is 0.242 e. The van der Waals surface area contributed by atoms with Crippen LogP contribution in [0, 0.1) is 0 Å². The average Bonchev–Trinajstić information content (AvgIpc) is 2.75. The lowest BCUT2D eigenvalue weighted by Crippen LogP contribution is -2.55. The first-order valence-corrected chi connectivity index (χ1v) is 4.19. The molecule has 2 rings (SSSR count). The van der Waals surface area contributed by atoms with Crippen LogP contribution >= 0.6 is 0 Å². The van der Waals surface area contributed by atoms with E-state index < -0.39 is 0 Å². The second-order valence-corrected chi connectivity index (χ2v) is 3.75. The highest BCUT2D eigenvalue weighted by Gasteiger charge is 2.47. The monoisotopic (exact) mass is 168 g/mol. The number of hydrogen-bond donors (Lipinski definition) is 1. The second kappa shape index (κ2) is 2.21. The fourth-order valence-electron chi connectivity index (χ4n) is 1.50. The molecule has 0 atom stereocenters. The largest absolute Gasteiger partial charge is 0.345 e. The summed E-state index contributed by atoms with van der Waals surface area (Å²) < 4.78 is 0. The molecule has 1 aliphatic carbocycles. The van der Waals surface area contributed by atoms with Gasteiger partial charge in [-0.2, -0.15) is 0 Å². The molecule has 4 heteroatoms. The van der Waals surface area contributed by atoms with Crippen molar-refractivity contribution in [3.05, 3.63) is 0 Å². The molecule has 0 radical (unpaired) electrons. The number of rotatable bonds is 1. The molecule has 0 aromatic rings. The molecule has 12 heavy (non-hydrogen) atoms. The summed E-state index contributed by atoms with van der Waals surface area (Å²) >= 11 is 0. The smallest absolute Gasteiger partial charge is 0.242 e. The van der Waals surface area contributed by atoms with Gasteiger partial charge in [-0.1, -0.05) is 0 Å². The molecule has 1 heterocycles. The van der Waals surface area contributed by atoms with Gasteiger partial charge in [0.1, 0.15) is 6.54 Å². The van der Waals surface area contributed by atoms with Crippen molar-refractivity contribution in [2.24, 2.45) is 0 Å². The predicted octanol–water partition coefficient (Wildman–Crippen LogP) is -0.503. The number of carbonyl (C=O) groups is 2. The molecule has 4 nitrogen and oxygen atoms in total. The van der Waals surface area contributed by atoms with Crippen LogP contribution in [-0.4, -0.2) is 35.3 Å². The van der Waals surface area contributed by atoms with Crippen LogP contribution in [0.5, 0.6) is 0 Å². The van der Waals surface area contributed by atoms with Crippen LogP contribution in [0.15, 0.2) is 0 Å². The third-order valence-electron chi connectivity index (χ3n) is 2.66. The second-order valence-electron chi connectivity index (χ2n) is 3.75. The first kappa shape index (κ1) is 7.58. The van der Waals surface area contributed by atoms with Crippen LogP contribution in [0.1, 0.15) is 19.8 Å². The average molecular weight is 168 g/mol. The molecule has 2 amide bonds. The molecule has 0 aromatic heterocycles. The lowest BCUT2D eigenvalue weighted by Gasteiger charge is -2.32. The number of nitrogens with zero attached hydrogens (tertiary/aromatic N) is 1. The molecule has 2 aliphatic rings. The Bertz CT molecular complexity index is 245. The van der Waals surface area contributed by atoms with Crippen LogP contribution < -0.4 is 5.32 Å². The van der Waals surface area contributed by atoms with Crippen LogP contribution in [0.3, 0.4) is 0 Å². The van der Waals surface area contributed by atoms with Crippen molar-refractivity contribution in [1.29, 1.82) is 0 Å². The summed E-state index contributed by atoms with van der Waals surface area (Å²) in [4.78, 5) is 24.0. The Kier molecular flexibility index (Phi) is 1.40. The SMILES string of the molecule is CC1(N2CC(=O)NCC2=O)CC1. The van der Waals surface area contributed by atoms with Gasteiger partial charge in [0, 0.05) is 5.54 Å². The van der Waals surface area contributed by atoms with E-state index in [1.807, 2.05) is 6.92 Å². The van der Waals surface area contributed by atoms with E-state index in [9.17, 15) is 9.59 Å². The van der Waals surface area contributed by atoms with E-state index in [1.54, 1.807) is 4.90 Å². The molecule has 1 saturated carbocycles. The van der Waals surface area contributed by atoms with Crippen molar-refractivity contribution in [3.8, 4) is 0 Å². The molecule has 66 valence electrons. The predicted molar refractivity (Wildman–Crippen MR) is 42.4 cm³/mol. The van der Waals surface area contributed by atoms with Gasteiger partial charge in [0.2, 0.25) is 11.8 Å². The summed E-state index contributed by atoms with van der Waals surface area (Å²) in [5.41, 5.74) is -0.00512. The number of nitrogens with one attached hydrogen (secondary N) is 1. The lowest BCUT2D eigenvalue weighted by atomic mass is 10.2. The normalized spacial score (nSPS) is 26.9. The van der Waals surface area contributed by atoms with Gasteiger partial charge in [-0.25, -0.2) is 0 Å². The zero-order valence-electron chi connectivity index (χ0n) is 7.09. The van der Waals surface area contributed by atoms with Gasteiger partial charge in [-0.15, -0.1) is 0 Å². The highest BCUT2D eigenvalue weighted by Crippen LogP contribution is 2.41. The van der Waals surface area contributed by atoms with E-state index in [0.29, 0.717) is 0 Å². The summed E-state index contributed by atoms with van der Waals surface area (Å²) in [6.07, 6.45) is 2.07. The highest BCUT2D eigenvalue weighted by molar-refractivity contribution is 5.93. The lowest BCUT2D eigenvalue weighted by molar-refractivity contribution is -0.143. The Morgan fingerprint density at radius 1 is 1.42 bits per heavy atom. The van der Waals surface area contributed by atoms with Crippen LogP contribution in [-0.2, 0) is 9.59 Å². The minimum absolute atomic E-state index is 0.00512. The van der Waals surface area contributed by atoms with E-state index in [0.717, 1.165) is 12.8 Å². The van der Waals surface area contributed by atoms with Crippen molar-refractivity contribution in [1.82, 2.24) is 10.2 Å². The van der Waals surface area contributed by atoms with Gasteiger partial charge in [0.15, 0.2) is 0 Å². The molecule has 1 aliphatic heterocycles. The topological polar surface area (TPSA) is 49.4 Å². The Morgan fingerprint density at radius 2 is 2.08 bits per heavy atom. The first-order chi connectivity index (χ1) is 5.62. The third kappa shape index (κ3) is 1.07. The summed E-state index contributed by atoms with van der Waals surface area (Å²) in [5.74, 6) is 0.0114. The fraction of sp³-hybridized carbons (Fsp3) is 0.750. The van der Waals surface area contributed by atoms with Gasteiger partial charge < -0.3 is 10.2 Å². The van der Waals surface area contributed by atoms with Crippen LogP contribution in [0.4, 0.5) is 0 Å². The summed E-state index contributed by atoms with van der Waals surface area (Å²) in [5, 5.41) is 2.53. The molecular weight excluding hydrogens is 156 g/mol. The Morgan fingerprint density at radius 3 is 2.67 bits per heavy atom. The number of piperazine rings is 1. The van der Waals surface area contributed by atoms with E-state index in [-0.39, 0.29) is 30.4 Å². The maximum atomic E-state index is 11.3. The highest BCUT2D eigenvalue weighted by atomic mass is 16.2. The van der Waals surface area contributed by atoms with Gasteiger partial charge in [0.05, 0.1) is 6.54 Å². The van der Waals surface area contributed by atoms with Crippen molar-refractivity contribution in [2.75, 3.05) is 13.1 Å². The first-order valence-electron chi connectivity index (χ1n) is 4.19. The van der Waals surface area contributed by atoms with E-state index in [4.69, 9.17) is 0 Å². The summed E-state index contributed by atoms with van der Waals surface area (Å²) in [7, 11) is 0. The maximum absolute atomic E-state index is 11.3. The van der Waals surface area contributed by atoms with Crippen LogP contribution in [0.2, 0.25) is 0 Å². The summed E-state index contributed by atoms with van der Waals surface area (Å²) in [6, 6.07) is 0. The zero-order valence-corrected chi connectivity index (χ0v) is 7.09. The fourth-order valence-corrected chi connectivity index (χ4v) is 1.50. The Labute approximate surface area is 70.9 Å². The third-order valence-corrected chi connectivity index (χ3v) is 2.66. The zero-order chi connectivity index (χ0) is 8.77. The van der Waals surface area contributed by atoms with Crippen molar-refractivity contribution in [3.63, 3.8) is 0 Å². The number of amides is 2. The van der Waals surface area contributed by atoms with Gasteiger partial charge in [0.25, 0.3) is 0 Å². The van der Waals surface area contributed by atoms with Gasteiger partial charge >= 0.3 is 0 Å². The molecular formula is C8H12N2O2. The Balaban J connectivity index is 2.12. The Hall–Kier alpha value is -1.06. The number of hydrogen-bond acceptors (Lipinski definition) is 2. The van der Waals surface area contributed by atoms with Crippen LogP contribution in [0.25, 0.3) is 0 Å². The molecule has 2 fully saturated rings. The van der Waals surface area contributed by atoms with E-state index >= 15 is 0 Å². The van der Waals surface area contributed by atoms with E-state index in [1.165, 1.54) is 0 Å². The molecule has 0 aromatic carbocycles. The van der Waals surface area contributed by atoms with E-state index in [2.05, 4.69) is 5.32 Å². The minimum Gasteiger partial charge on any atom is -0.345 e. The molecule has 1 N–H and O–H groups in total. The molecule has 0 bridgehead atoms. The van der Waals surface area contributed by atoms with Gasteiger partial charge in [-0.05, 0) is 19.8 Å². The molecule has 1 saturated heterocycles. The van der Waals surface area contributed by atoms with Crippen molar-refractivity contribution >= 4 is 11.8 Å². The van der Waals surface area contributed by atoms with Crippen molar-refractivity contribution in [2.45, 2.75) is 25.3 Å². The van der Waals surface area contributed by atoms with Crippen molar-refractivity contribution < 1.29 is 9.59 Å². The standard InChI is InChI=1S/C8H12N2O2/c1-8(2-3-8)10-5-6(11)9-4-7(10)12/h2-5H2,1H3,(H,9,11). The summed E-state index contributed by atoms with van der Waals surface area (Å²) in [6.45, 7) is 2.45. The van der Waals surface area contributed by atoms with Gasteiger partial charge in [-0.3, -0.25) is 9.59 Å².